The molecule has 0 saturated heterocycles. The van der Waals surface area contributed by atoms with Crippen molar-refractivity contribution < 1.29 is 101 Å². The van der Waals surface area contributed by atoms with Crippen LogP contribution < -0.4 is 59.1 Å². The number of benzene rings is 4. The average molecular weight is 1140 g/mol. The number of unbranched alkanes of at least 4 members (excludes halogenated alkanes) is 3. The van der Waals surface area contributed by atoms with Crippen LogP contribution in [0.3, 0.4) is 0 Å². The van der Waals surface area contributed by atoms with Crippen molar-refractivity contribution in [2.24, 2.45) is 0 Å². The molecule has 0 saturated carbocycles. The number of amides is 7. The van der Waals surface area contributed by atoms with Crippen LogP contribution in [-0.4, -0.2) is 165 Å². The minimum atomic E-state index is -2.24. The van der Waals surface area contributed by atoms with Crippen LogP contribution in [0.15, 0.2) is 72.8 Å². The summed E-state index contributed by atoms with van der Waals surface area (Å²) in [7, 11) is -8.64. The summed E-state index contributed by atoms with van der Waals surface area (Å²) < 4.78 is 57.8. The molecule has 0 aliphatic heterocycles. The summed E-state index contributed by atoms with van der Waals surface area (Å²) in [5.41, 5.74) is -2.86. The predicted octanol–water partition coefficient (Wildman–Crippen LogP) is -4.58. The van der Waals surface area contributed by atoms with E-state index in [1.54, 1.807) is 0 Å². The topological polar surface area (TPSA) is 403 Å². The summed E-state index contributed by atoms with van der Waals surface area (Å²) in [5, 5.41) is 102. The van der Waals surface area contributed by atoms with E-state index in [1.807, 2.05) is 0 Å². The monoisotopic (exact) mass is 1140 g/mol. The Kier molecular flexibility index (Phi) is 26.4. The second kappa shape index (κ2) is 32.5. The number of aliphatic carboxylic acids is 1. The number of rotatable bonds is 32. The van der Waals surface area contributed by atoms with Crippen LogP contribution in [0.25, 0.3) is 0 Å². The minimum absolute atomic E-state index is 0.0390. The number of hydrogen-bond donors (Lipinski definition) is 16. The number of carbonyl (C=O) groups is 8. The molecule has 432 valence electrons. The van der Waals surface area contributed by atoms with E-state index in [2.05, 4.69) is 37.2 Å². The number of nitrogens with one attached hydrogen (secondary N) is 7. The normalized spacial score (nSPS) is 12.0. The lowest BCUT2D eigenvalue weighted by Gasteiger charge is -2.26. The molecule has 0 heterocycles. The van der Waals surface area contributed by atoms with Gasteiger partial charge in [-0.05, 0) is 106 Å². The molecule has 0 radical (unpaired) electrons. The molecule has 16 N–H and O–H groups in total. The largest absolute Gasteiger partial charge is 0.491 e. The van der Waals surface area contributed by atoms with Crippen LogP contribution in [-0.2, 0) is 19.2 Å². The van der Waals surface area contributed by atoms with Gasteiger partial charge in [0, 0.05) is 70.3 Å². The Morgan fingerprint density at radius 3 is 0.938 bits per heavy atom. The van der Waals surface area contributed by atoms with Crippen molar-refractivity contribution in [3.05, 3.63) is 118 Å². The maximum atomic E-state index is 14.8. The van der Waals surface area contributed by atoms with Gasteiger partial charge >= 0.3 is 34.4 Å². The molecule has 0 fully saturated rings. The van der Waals surface area contributed by atoms with Crippen LogP contribution in [0.5, 0.6) is 0 Å². The van der Waals surface area contributed by atoms with E-state index in [0.29, 0.717) is 6.07 Å². The Labute approximate surface area is 461 Å². The molecule has 81 heavy (non-hydrogen) atoms. The van der Waals surface area contributed by atoms with Crippen molar-refractivity contribution in [1.29, 1.82) is 0 Å². The Balaban J connectivity index is 1.55. The van der Waals surface area contributed by atoms with Gasteiger partial charge in [0.25, 0.3) is 23.6 Å². The summed E-state index contributed by atoms with van der Waals surface area (Å²) in [4.78, 5) is 105. The van der Waals surface area contributed by atoms with Crippen LogP contribution in [0, 0.1) is 23.3 Å². The van der Waals surface area contributed by atoms with E-state index in [0.717, 1.165) is 66.7 Å². The molecule has 0 bridgehead atoms. The fraction of sp³-hybridized carbons (Fsp3) is 0.347. The molecule has 4 aromatic carbocycles. The lowest BCUT2D eigenvalue weighted by atomic mass is 9.79. The van der Waals surface area contributed by atoms with Gasteiger partial charge in [0.2, 0.25) is 17.7 Å². The fourth-order valence-corrected chi connectivity index (χ4v) is 7.85. The molecule has 0 aliphatic carbocycles. The summed E-state index contributed by atoms with van der Waals surface area (Å²) in [5.74, 6) is -11.8. The number of halogens is 4. The molecule has 0 unspecified atom stereocenters. The summed E-state index contributed by atoms with van der Waals surface area (Å²) in [6.07, 6.45) is -0.554. The first kappa shape index (κ1) is 65.8. The van der Waals surface area contributed by atoms with Gasteiger partial charge in [-0.2, -0.15) is 0 Å². The molecular weight excluding hydrogens is 1080 g/mol. The van der Waals surface area contributed by atoms with Gasteiger partial charge in [0.05, 0.1) is 6.42 Å². The van der Waals surface area contributed by atoms with Crippen LogP contribution in [0.4, 0.5) is 17.6 Å². The molecule has 0 aliphatic rings. The van der Waals surface area contributed by atoms with Gasteiger partial charge in [-0.3, -0.25) is 38.4 Å². The van der Waals surface area contributed by atoms with E-state index in [1.165, 1.54) is 0 Å². The third kappa shape index (κ3) is 21.0. The second-order valence-electron chi connectivity index (χ2n) is 18.3. The maximum absolute atomic E-state index is 14.8. The molecule has 0 aromatic heterocycles. The number of carboxylic acids is 1. The molecular formula is C49H59B4F4N7O17. The highest BCUT2D eigenvalue weighted by Gasteiger charge is 2.31. The lowest BCUT2D eigenvalue weighted by molar-refractivity contribution is -0.137. The molecule has 3 atom stereocenters. The first-order chi connectivity index (χ1) is 38.4. The Morgan fingerprint density at radius 2 is 0.654 bits per heavy atom. The average Bonchev–Trinajstić information content (AvgIpc) is 3.40. The summed E-state index contributed by atoms with van der Waals surface area (Å²) in [6, 6.07) is 6.94. The Bertz CT molecular complexity index is 2880. The molecule has 4 rings (SSSR count). The second-order valence-corrected chi connectivity index (χ2v) is 18.3. The smallest absolute Gasteiger partial charge is 0.481 e. The standard InChI is InChI=1S/C49H59B4F4N7O17/c54-35-23-27(10-14-31(35)50(74)75)43(67)58-19-4-1-7-39(47(71)61-22-18-42(65)66)63-49(73)41(9-3-6-21-60-45(69)29-12-16-33(52(78)79)37(56)25-29)64-48(72)40(62-46(70)30-13-17-34(53(80)81)38(57)26-30)8-2-5-20-59-44(68)28-11-15-32(51(76)77)36(55)24-28/h10-17,23-26,39-41,74-81H,1-9,18-22H2,(H,58,67)(H,59,68)(H,60,69)(H,61,71)(H,62,70)(H,63,73)(H,64,72)(H,65,66)/t39-,40-,41-/m0/s1. The van der Waals surface area contributed by atoms with Gasteiger partial charge in [0.1, 0.15) is 41.4 Å². The van der Waals surface area contributed by atoms with Crippen LogP contribution in [0.2, 0.25) is 0 Å². The van der Waals surface area contributed by atoms with E-state index in [-0.39, 0.29) is 106 Å². The van der Waals surface area contributed by atoms with E-state index in [4.69, 9.17) is 0 Å². The quantitative estimate of drug-likeness (QED) is 0.0124. The Morgan fingerprint density at radius 1 is 0.370 bits per heavy atom. The Hall–Kier alpha value is -7.70. The van der Waals surface area contributed by atoms with Crippen molar-refractivity contribution in [2.45, 2.75) is 82.3 Å². The van der Waals surface area contributed by atoms with E-state index in [9.17, 15) is 101 Å². The zero-order chi connectivity index (χ0) is 59.9. The van der Waals surface area contributed by atoms with Crippen molar-refractivity contribution in [1.82, 2.24) is 37.2 Å². The highest BCUT2D eigenvalue weighted by atomic mass is 19.1. The number of hydrogen-bond acceptors (Lipinski definition) is 16. The fourth-order valence-electron chi connectivity index (χ4n) is 7.85. The van der Waals surface area contributed by atoms with Crippen molar-refractivity contribution in [3.63, 3.8) is 0 Å². The SMILES string of the molecule is O=C(O)CCNC(=O)[C@H](CCCCNC(=O)c1ccc(B(O)O)c(F)c1)NC(=O)[C@H](CCCCNC(=O)c1ccc(B(O)O)c(F)c1)NC(=O)[C@H](CCCCNC(=O)c1ccc(B(O)O)c(F)c1)NC(=O)c1ccc(B(O)O)c(F)c1. The van der Waals surface area contributed by atoms with E-state index >= 15 is 0 Å². The predicted molar refractivity (Wildman–Crippen MR) is 284 cm³/mol. The van der Waals surface area contributed by atoms with E-state index < -0.39 is 145 Å². The minimum Gasteiger partial charge on any atom is -0.481 e. The zero-order valence-corrected chi connectivity index (χ0v) is 43.2. The summed E-state index contributed by atoms with van der Waals surface area (Å²) >= 11 is 0. The molecule has 7 amide bonds. The van der Waals surface area contributed by atoms with Gasteiger partial charge < -0.3 is 82.5 Å². The van der Waals surface area contributed by atoms with Gasteiger partial charge in [0.15, 0.2) is 0 Å². The van der Waals surface area contributed by atoms with Gasteiger partial charge in [-0.1, -0.05) is 24.3 Å². The number of carboxylic acid groups (broad SMARTS) is 1. The molecule has 32 heteroatoms. The number of carbonyl (C=O) groups excluding carboxylic acids is 7. The highest BCUT2D eigenvalue weighted by molar-refractivity contribution is 6.59. The van der Waals surface area contributed by atoms with Crippen LogP contribution in [0.1, 0.15) is 106 Å². The molecule has 0 spiro atoms. The third-order valence-corrected chi connectivity index (χ3v) is 12.3. The van der Waals surface area contributed by atoms with Crippen molar-refractivity contribution in [3.8, 4) is 0 Å². The van der Waals surface area contributed by atoms with Crippen molar-refractivity contribution in [2.75, 3.05) is 26.2 Å². The lowest BCUT2D eigenvalue weighted by Crippen LogP contribution is -2.56. The molecule has 24 nitrogen and oxygen atoms in total. The third-order valence-electron chi connectivity index (χ3n) is 12.3. The van der Waals surface area contributed by atoms with Crippen LogP contribution >= 0.6 is 0 Å². The molecule has 4 aromatic rings. The van der Waals surface area contributed by atoms with Gasteiger partial charge in [-0.15, -0.1) is 0 Å². The first-order valence-electron chi connectivity index (χ1n) is 25.3. The zero-order valence-electron chi connectivity index (χ0n) is 43.2. The van der Waals surface area contributed by atoms with Gasteiger partial charge in [-0.25, -0.2) is 17.6 Å². The van der Waals surface area contributed by atoms with Crippen molar-refractivity contribution >= 4 is 97.6 Å². The maximum Gasteiger partial charge on any atom is 0.491 e. The summed E-state index contributed by atoms with van der Waals surface area (Å²) in [6.45, 7) is -0.582. The first-order valence-corrected chi connectivity index (χ1v) is 25.3. The highest BCUT2D eigenvalue weighted by Crippen LogP contribution is 2.12.